The fourth-order valence-corrected chi connectivity index (χ4v) is 4.62. The van der Waals surface area contributed by atoms with Gasteiger partial charge in [0.1, 0.15) is 17.2 Å². The molecule has 12 heteroatoms. The maximum absolute atomic E-state index is 12.6. The van der Waals surface area contributed by atoms with Crippen molar-refractivity contribution in [2.24, 2.45) is 0 Å². The molecule has 0 saturated carbocycles. The molecule has 1 aliphatic rings. The van der Waals surface area contributed by atoms with Gasteiger partial charge in [-0.05, 0) is 66.7 Å². The molecule has 0 aliphatic carbocycles. The first kappa shape index (κ1) is 25.0. The van der Waals surface area contributed by atoms with Crippen molar-refractivity contribution in [2.45, 2.75) is 18.7 Å². The van der Waals surface area contributed by atoms with Gasteiger partial charge in [-0.15, -0.1) is 0 Å². The van der Waals surface area contributed by atoms with Crippen LogP contribution in [-0.4, -0.2) is 49.5 Å². The van der Waals surface area contributed by atoms with Gasteiger partial charge < -0.3 is 14.2 Å². The quantitative estimate of drug-likeness (QED) is 0.327. The number of thioether (sulfide) groups is 1. The molecule has 1 fully saturated rings. The van der Waals surface area contributed by atoms with E-state index >= 15 is 0 Å². The molecule has 0 unspecified atom stereocenters. The third kappa shape index (κ3) is 6.23. The molecule has 0 atom stereocenters. The van der Waals surface area contributed by atoms with Crippen LogP contribution in [0.3, 0.4) is 0 Å². The topological polar surface area (TPSA) is 136 Å². The first-order chi connectivity index (χ1) is 16.1. The van der Waals surface area contributed by atoms with Gasteiger partial charge in [-0.25, -0.2) is 0 Å². The third-order valence-electron chi connectivity index (χ3n) is 4.29. The molecule has 3 rings (SSSR count). The Morgan fingerprint density at radius 2 is 1.82 bits per heavy atom. The summed E-state index contributed by atoms with van der Waals surface area (Å²) in [6.45, 7) is 2.58. The molecule has 0 aromatic heterocycles. The molecule has 3 amide bonds. The lowest BCUT2D eigenvalue weighted by atomic mass is 10.2. The average Bonchev–Trinajstić information content (AvgIpc) is 3.01. The van der Waals surface area contributed by atoms with E-state index in [4.69, 9.17) is 8.92 Å². The Morgan fingerprint density at radius 1 is 1.12 bits per heavy atom. The van der Waals surface area contributed by atoms with Gasteiger partial charge in [0.05, 0.1) is 11.5 Å². The lowest BCUT2D eigenvalue weighted by Gasteiger charge is -2.10. The molecule has 2 aromatic carbocycles. The molecule has 34 heavy (non-hydrogen) atoms. The molecule has 0 spiro atoms. The minimum Gasteiger partial charge on any atom is -0.465 e. The minimum atomic E-state index is -4.17. The van der Waals surface area contributed by atoms with Crippen molar-refractivity contribution in [1.82, 2.24) is 4.90 Å². The predicted molar refractivity (Wildman–Crippen MR) is 124 cm³/mol. The Hall–Kier alpha value is -3.64. The van der Waals surface area contributed by atoms with Gasteiger partial charge in [0, 0.05) is 12.6 Å². The summed E-state index contributed by atoms with van der Waals surface area (Å²) in [6.07, 6.45) is 1.40. The molecule has 178 valence electrons. The van der Waals surface area contributed by atoms with E-state index in [1.54, 1.807) is 13.0 Å². The Bertz CT molecular complexity index is 1270. The van der Waals surface area contributed by atoms with Crippen LogP contribution in [-0.2, 0) is 29.2 Å². The molecule has 0 bridgehead atoms. The van der Waals surface area contributed by atoms with E-state index in [1.807, 2.05) is 0 Å². The average molecular weight is 505 g/mol. The molecular weight excluding hydrogens is 484 g/mol. The first-order valence-corrected chi connectivity index (χ1v) is 12.1. The van der Waals surface area contributed by atoms with Crippen LogP contribution in [0.25, 0.3) is 6.08 Å². The number of ether oxygens (including phenoxy) is 1. The number of hydrogen-bond donors (Lipinski definition) is 1. The molecular formula is C22H20N2O8S2. The Balaban J connectivity index is 1.75. The number of amides is 3. The number of carbonyl (C=O) groups excluding carboxylic acids is 4. The van der Waals surface area contributed by atoms with Crippen molar-refractivity contribution in [1.29, 1.82) is 0 Å². The highest BCUT2D eigenvalue weighted by molar-refractivity contribution is 8.18. The second kappa shape index (κ2) is 10.5. The zero-order valence-electron chi connectivity index (χ0n) is 18.1. The van der Waals surface area contributed by atoms with Gasteiger partial charge in [0.25, 0.3) is 11.1 Å². The number of rotatable bonds is 8. The number of carbonyl (C=O) groups is 4. The van der Waals surface area contributed by atoms with Gasteiger partial charge in [-0.3, -0.25) is 24.1 Å². The van der Waals surface area contributed by atoms with Crippen molar-refractivity contribution in [2.75, 3.05) is 18.5 Å². The van der Waals surface area contributed by atoms with Gasteiger partial charge >= 0.3 is 16.1 Å². The van der Waals surface area contributed by atoms with Crippen molar-refractivity contribution in [3.05, 3.63) is 59.0 Å². The summed E-state index contributed by atoms with van der Waals surface area (Å²) in [5.74, 6) is -1.65. The second-order valence-corrected chi connectivity index (χ2v) is 9.43. The van der Waals surface area contributed by atoms with E-state index in [2.05, 4.69) is 5.32 Å². The monoisotopic (exact) mass is 504 g/mol. The number of nitrogens with one attached hydrogen (secondary N) is 1. The van der Waals surface area contributed by atoms with Crippen LogP contribution in [0.2, 0.25) is 0 Å². The Morgan fingerprint density at radius 3 is 2.47 bits per heavy atom. The Kier molecular flexibility index (Phi) is 7.74. The highest BCUT2D eigenvalue weighted by Crippen LogP contribution is 2.32. The SMILES string of the molecule is CCOC(=O)CN1C(=O)S/C(=C\c2cccc(OS(=O)(=O)c3ccc(NC(C)=O)cc3)c2)C1=O. The fourth-order valence-electron chi connectivity index (χ4n) is 2.86. The molecule has 10 nitrogen and oxygen atoms in total. The number of benzene rings is 2. The molecule has 2 aromatic rings. The van der Waals surface area contributed by atoms with Crippen LogP contribution in [0, 0.1) is 0 Å². The van der Waals surface area contributed by atoms with E-state index in [1.165, 1.54) is 55.5 Å². The number of anilines is 1. The zero-order chi connectivity index (χ0) is 24.9. The van der Waals surface area contributed by atoms with Gasteiger partial charge in [-0.2, -0.15) is 8.42 Å². The number of imide groups is 1. The standard InChI is InChI=1S/C22H20N2O8S2/c1-3-31-20(26)13-24-21(27)19(33-22(24)28)12-15-5-4-6-17(11-15)32-34(29,30)18-9-7-16(8-10-18)23-14(2)25/h4-12H,3,13H2,1-2H3,(H,23,25)/b19-12-. The zero-order valence-corrected chi connectivity index (χ0v) is 19.8. The van der Waals surface area contributed by atoms with Crippen LogP contribution >= 0.6 is 11.8 Å². The number of esters is 1. The van der Waals surface area contributed by atoms with Crippen molar-refractivity contribution >= 4 is 56.7 Å². The van der Waals surface area contributed by atoms with Crippen LogP contribution in [0.4, 0.5) is 10.5 Å². The van der Waals surface area contributed by atoms with Crippen LogP contribution in [0.1, 0.15) is 19.4 Å². The molecule has 1 saturated heterocycles. The summed E-state index contributed by atoms with van der Waals surface area (Å²) in [6, 6.07) is 11.4. The lowest BCUT2D eigenvalue weighted by molar-refractivity contribution is -0.146. The molecule has 1 aliphatic heterocycles. The van der Waals surface area contributed by atoms with Crippen LogP contribution < -0.4 is 9.50 Å². The highest BCUT2D eigenvalue weighted by atomic mass is 32.2. The maximum atomic E-state index is 12.6. The normalized spacial score (nSPS) is 14.9. The van der Waals surface area contributed by atoms with Crippen molar-refractivity contribution < 1.29 is 36.5 Å². The second-order valence-electron chi connectivity index (χ2n) is 6.89. The van der Waals surface area contributed by atoms with Gasteiger partial charge in [-0.1, -0.05) is 12.1 Å². The van der Waals surface area contributed by atoms with E-state index < -0.39 is 33.8 Å². The number of hydrogen-bond acceptors (Lipinski definition) is 9. The molecule has 1 heterocycles. The largest absolute Gasteiger partial charge is 0.465 e. The summed E-state index contributed by atoms with van der Waals surface area (Å²) in [5.41, 5.74) is 0.848. The minimum absolute atomic E-state index is 0.00885. The molecule has 1 N–H and O–H groups in total. The number of nitrogens with zero attached hydrogens (tertiary/aromatic N) is 1. The summed E-state index contributed by atoms with van der Waals surface area (Å²) in [7, 11) is -4.17. The van der Waals surface area contributed by atoms with E-state index in [0.29, 0.717) is 23.0 Å². The van der Waals surface area contributed by atoms with Crippen molar-refractivity contribution in [3.63, 3.8) is 0 Å². The lowest BCUT2D eigenvalue weighted by Crippen LogP contribution is -2.34. The van der Waals surface area contributed by atoms with E-state index in [9.17, 15) is 27.6 Å². The first-order valence-electron chi connectivity index (χ1n) is 9.92. The summed E-state index contributed by atoms with van der Waals surface area (Å²) in [4.78, 5) is 48.1. The fraction of sp³-hybridized carbons (Fsp3) is 0.182. The maximum Gasteiger partial charge on any atom is 0.339 e. The summed E-state index contributed by atoms with van der Waals surface area (Å²) >= 11 is 0.660. The summed E-state index contributed by atoms with van der Waals surface area (Å²) in [5, 5.41) is 1.93. The predicted octanol–water partition coefficient (Wildman–Crippen LogP) is 3.01. The van der Waals surface area contributed by atoms with Crippen molar-refractivity contribution in [3.8, 4) is 5.75 Å². The van der Waals surface area contributed by atoms with E-state index in [-0.39, 0.29) is 28.1 Å². The highest BCUT2D eigenvalue weighted by Gasteiger charge is 2.36. The third-order valence-corrected chi connectivity index (χ3v) is 6.46. The van der Waals surface area contributed by atoms with E-state index in [0.717, 1.165) is 4.90 Å². The van der Waals surface area contributed by atoms with Crippen LogP contribution in [0.15, 0.2) is 58.3 Å². The smallest absolute Gasteiger partial charge is 0.339 e. The summed E-state index contributed by atoms with van der Waals surface area (Å²) < 4.78 is 35.2. The van der Waals surface area contributed by atoms with Gasteiger partial charge in [0.2, 0.25) is 5.91 Å². The van der Waals surface area contributed by atoms with Crippen LogP contribution in [0.5, 0.6) is 5.75 Å². The van der Waals surface area contributed by atoms with Gasteiger partial charge in [0.15, 0.2) is 0 Å². The Labute approximate surface area is 200 Å². The molecule has 0 radical (unpaired) electrons.